The van der Waals surface area contributed by atoms with Crippen molar-refractivity contribution in [3.63, 3.8) is 0 Å². The highest BCUT2D eigenvalue weighted by atomic mass is 35.5. The molecule has 2 rings (SSSR count). The van der Waals surface area contributed by atoms with Crippen LogP contribution in [0, 0.1) is 11.8 Å². The number of halogens is 1. The summed E-state index contributed by atoms with van der Waals surface area (Å²) < 4.78 is 0. The zero-order chi connectivity index (χ0) is 14.0. The first kappa shape index (κ1) is 14.2. The standard InChI is InChI=1S/C15H20ClNO2/c1-9-3-6-13(10(2)7-9)17-14-8-11(16)4-5-12(14)15(18)19/h4-5,8-10,13,17H,3,6-7H2,1-2H3,(H,18,19). The molecule has 0 bridgehead atoms. The summed E-state index contributed by atoms with van der Waals surface area (Å²) in [6.45, 7) is 4.49. The lowest BCUT2D eigenvalue weighted by molar-refractivity contribution is 0.0698. The van der Waals surface area contributed by atoms with Crippen molar-refractivity contribution in [3.05, 3.63) is 28.8 Å². The van der Waals surface area contributed by atoms with Gasteiger partial charge in [0.2, 0.25) is 0 Å². The van der Waals surface area contributed by atoms with E-state index in [0.29, 0.717) is 22.7 Å². The number of carboxylic acid groups (broad SMARTS) is 1. The number of hydrogen-bond donors (Lipinski definition) is 2. The van der Waals surface area contributed by atoms with Crippen LogP contribution in [-0.2, 0) is 0 Å². The van der Waals surface area contributed by atoms with Crippen LogP contribution in [0.5, 0.6) is 0 Å². The molecule has 1 aliphatic rings. The average molecular weight is 282 g/mol. The van der Waals surface area contributed by atoms with Gasteiger partial charge in [0.05, 0.1) is 11.3 Å². The van der Waals surface area contributed by atoms with Gasteiger partial charge in [0, 0.05) is 11.1 Å². The van der Waals surface area contributed by atoms with Gasteiger partial charge < -0.3 is 10.4 Å². The second kappa shape index (κ2) is 5.83. The van der Waals surface area contributed by atoms with E-state index in [-0.39, 0.29) is 5.56 Å². The molecule has 4 heteroatoms. The Morgan fingerprint density at radius 3 is 2.74 bits per heavy atom. The van der Waals surface area contributed by atoms with Crippen LogP contribution in [0.3, 0.4) is 0 Å². The average Bonchev–Trinajstić information content (AvgIpc) is 2.32. The van der Waals surface area contributed by atoms with Crippen LogP contribution in [0.15, 0.2) is 18.2 Å². The van der Waals surface area contributed by atoms with E-state index in [0.717, 1.165) is 12.3 Å². The monoisotopic (exact) mass is 281 g/mol. The maximum Gasteiger partial charge on any atom is 0.337 e. The molecule has 1 saturated carbocycles. The Balaban J connectivity index is 2.18. The van der Waals surface area contributed by atoms with Gasteiger partial charge in [0.1, 0.15) is 0 Å². The Morgan fingerprint density at radius 2 is 2.11 bits per heavy atom. The molecule has 2 N–H and O–H groups in total. The highest BCUT2D eigenvalue weighted by molar-refractivity contribution is 6.31. The number of anilines is 1. The minimum atomic E-state index is -0.920. The van der Waals surface area contributed by atoms with Crippen LogP contribution in [0.2, 0.25) is 5.02 Å². The normalized spacial score (nSPS) is 27.0. The van der Waals surface area contributed by atoms with Gasteiger partial charge in [0.25, 0.3) is 0 Å². The number of nitrogens with one attached hydrogen (secondary N) is 1. The molecule has 0 aromatic heterocycles. The first-order valence-electron chi connectivity index (χ1n) is 6.76. The van der Waals surface area contributed by atoms with Crippen molar-refractivity contribution in [2.45, 2.75) is 39.2 Å². The minimum Gasteiger partial charge on any atom is -0.478 e. The van der Waals surface area contributed by atoms with Gasteiger partial charge in [-0.05, 0) is 49.3 Å². The Hall–Kier alpha value is -1.22. The molecule has 0 radical (unpaired) electrons. The van der Waals surface area contributed by atoms with E-state index in [1.165, 1.54) is 12.8 Å². The molecule has 3 nitrogen and oxygen atoms in total. The lowest BCUT2D eigenvalue weighted by Crippen LogP contribution is -2.33. The third-order valence-corrected chi connectivity index (χ3v) is 4.22. The Labute approximate surface area is 119 Å². The number of carbonyl (C=O) groups is 1. The Morgan fingerprint density at radius 1 is 1.37 bits per heavy atom. The molecule has 19 heavy (non-hydrogen) atoms. The quantitative estimate of drug-likeness (QED) is 0.870. The zero-order valence-electron chi connectivity index (χ0n) is 11.3. The Kier molecular flexibility index (Phi) is 4.35. The van der Waals surface area contributed by atoms with Gasteiger partial charge in [-0.2, -0.15) is 0 Å². The maximum absolute atomic E-state index is 11.2. The van der Waals surface area contributed by atoms with E-state index in [2.05, 4.69) is 19.2 Å². The maximum atomic E-state index is 11.2. The summed E-state index contributed by atoms with van der Waals surface area (Å²) in [5.74, 6) is 0.381. The van der Waals surface area contributed by atoms with Crippen LogP contribution in [0.25, 0.3) is 0 Å². The van der Waals surface area contributed by atoms with Crippen LogP contribution in [0.4, 0.5) is 5.69 Å². The number of rotatable bonds is 3. The highest BCUT2D eigenvalue weighted by Crippen LogP contribution is 2.32. The number of benzene rings is 1. The highest BCUT2D eigenvalue weighted by Gasteiger charge is 2.26. The summed E-state index contributed by atoms with van der Waals surface area (Å²) in [4.78, 5) is 11.2. The molecule has 1 aliphatic carbocycles. The van der Waals surface area contributed by atoms with Crippen molar-refractivity contribution < 1.29 is 9.90 Å². The van der Waals surface area contributed by atoms with Crippen LogP contribution >= 0.6 is 11.6 Å². The molecule has 0 heterocycles. The fraction of sp³-hybridized carbons (Fsp3) is 0.533. The lowest BCUT2D eigenvalue weighted by atomic mass is 9.80. The van der Waals surface area contributed by atoms with Gasteiger partial charge in [0.15, 0.2) is 0 Å². The third kappa shape index (κ3) is 3.41. The topological polar surface area (TPSA) is 49.3 Å². The largest absolute Gasteiger partial charge is 0.478 e. The Bertz CT molecular complexity index is 475. The second-order valence-corrected chi connectivity index (χ2v) is 6.08. The molecule has 1 fully saturated rings. The SMILES string of the molecule is CC1CCC(Nc2cc(Cl)ccc2C(=O)O)C(C)C1. The van der Waals surface area contributed by atoms with Crippen molar-refractivity contribution >= 4 is 23.3 Å². The lowest BCUT2D eigenvalue weighted by Gasteiger charge is -2.34. The van der Waals surface area contributed by atoms with Gasteiger partial charge in [-0.3, -0.25) is 0 Å². The zero-order valence-corrected chi connectivity index (χ0v) is 12.1. The van der Waals surface area contributed by atoms with Crippen molar-refractivity contribution in [1.82, 2.24) is 0 Å². The molecule has 0 saturated heterocycles. The number of aromatic carboxylic acids is 1. The van der Waals surface area contributed by atoms with E-state index in [1.807, 2.05) is 0 Å². The fourth-order valence-corrected chi connectivity index (χ4v) is 3.07. The molecule has 0 aliphatic heterocycles. The van der Waals surface area contributed by atoms with Crippen molar-refractivity contribution in [2.75, 3.05) is 5.32 Å². The number of carboxylic acids is 1. The summed E-state index contributed by atoms with van der Waals surface area (Å²) in [5, 5.41) is 13.1. The fourth-order valence-electron chi connectivity index (χ4n) is 2.90. The van der Waals surface area contributed by atoms with Gasteiger partial charge >= 0.3 is 5.97 Å². The predicted molar refractivity (Wildman–Crippen MR) is 78.0 cm³/mol. The molecular weight excluding hydrogens is 262 g/mol. The number of hydrogen-bond acceptors (Lipinski definition) is 2. The van der Waals surface area contributed by atoms with Gasteiger partial charge in [-0.25, -0.2) is 4.79 Å². The summed E-state index contributed by atoms with van der Waals surface area (Å²) in [6.07, 6.45) is 3.44. The van der Waals surface area contributed by atoms with Gasteiger partial charge in [-0.15, -0.1) is 0 Å². The smallest absolute Gasteiger partial charge is 0.337 e. The molecular formula is C15H20ClNO2. The molecule has 104 valence electrons. The van der Waals surface area contributed by atoms with Crippen LogP contribution in [-0.4, -0.2) is 17.1 Å². The molecule has 1 aromatic rings. The molecule has 1 aromatic carbocycles. The summed E-state index contributed by atoms with van der Waals surface area (Å²) >= 11 is 5.97. The van der Waals surface area contributed by atoms with E-state index >= 15 is 0 Å². The predicted octanol–water partition coefficient (Wildman–Crippen LogP) is 4.27. The minimum absolute atomic E-state index is 0.287. The van der Waals surface area contributed by atoms with Crippen molar-refractivity contribution in [3.8, 4) is 0 Å². The summed E-state index contributed by atoms with van der Waals surface area (Å²) in [7, 11) is 0. The molecule has 3 atom stereocenters. The molecule has 3 unspecified atom stereocenters. The van der Waals surface area contributed by atoms with Gasteiger partial charge in [-0.1, -0.05) is 25.4 Å². The third-order valence-electron chi connectivity index (χ3n) is 3.98. The van der Waals surface area contributed by atoms with Crippen LogP contribution in [0.1, 0.15) is 43.5 Å². The first-order valence-corrected chi connectivity index (χ1v) is 7.14. The first-order chi connectivity index (χ1) is 8.97. The molecule has 0 spiro atoms. The van der Waals surface area contributed by atoms with Crippen LogP contribution < -0.4 is 5.32 Å². The molecule has 0 amide bonds. The van der Waals surface area contributed by atoms with Crippen molar-refractivity contribution in [2.24, 2.45) is 11.8 Å². The summed E-state index contributed by atoms with van der Waals surface area (Å²) in [6, 6.07) is 5.20. The second-order valence-electron chi connectivity index (χ2n) is 5.64. The van der Waals surface area contributed by atoms with E-state index < -0.39 is 5.97 Å². The van der Waals surface area contributed by atoms with Crippen molar-refractivity contribution in [1.29, 1.82) is 0 Å². The van der Waals surface area contributed by atoms with E-state index in [1.54, 1.807) is 18.2 Å². The van der Waals surface area contributed by atoms with E-state index in [9.17, 15) is 9.90 Å². The summed E-state index contributed by atoms with van der Waals surface area (Å²) in [5.41, 5.74) is 0.918. The van der Waals surface area contributed by atoms with E-state index in [4.69, 9.17) is 11.6 Å².